The monoisotopic (exact) mass is 691 g/mol. The van der Waals surface area contributed by atoms with Gasteiger partial charge in [-0.05, 0) is 64.0 Å². The van der Waals surface area contributed by atoms with Crippen molar-refractivity contribution in [1.82, 2.24) is 25.4 Å². The Morgan fingerprint density at radius 1 is 0.939 bits per heavy atom. The SMILES string of the molecule is CC(C)(C)OC(=O)N1CC(N2CCOCC2)C[C@H]1C(=O)N[C@H](CC[C@H](Cc1ccccc1)NC(=O)OCc1cncs1)Cc1ccccc1. The molecular formula is C37H49N5O6S. The highest BCUT2D eigenvalue weighted by molar-refractivity contribution is 7.09. The standard InChI is InChI=1S/C37H49N5O6S/c1-37(2,3)48-36(45)42-24-31(41-16-18-46-19-17-41)22-33(42)34(43)39-29(20-27-10-6-4-7-11-27)14-15-30(21-28-12-8-5-9-13-28)40-35(44)47-25-32-23-38-26-49-32/h4-13,23,26,29-31,33H,14-22,24-25H2,1-3H3,(H,39,43)(H,40,44)/t29-,30-,31?,33+/m1/s1. The van der Waals surface area contributed by atoms with Gasteiger partial charge in [-0.1, -0.05) is 60.7 Å². The first-order chi connectivity index (χ1) is 23.6. The molecule has 11 nitrogen and oxygen atoms in total. The smallest absolute Gasteiger partial charge is 0.411 e. The van der Waals surface area contributed by atoms with Gasteiger partial charge in [-0.25, -0.2) is 9.59 Å². The molecule has 0 aliphatic carbocycles. The average molecular weight is 692 g/mol. The van der Waals surface area contributed by atoms with Gasteiger partial charge in [-0.15, -0.1) is 11.3 Å². The number of aromatic nitrogens is 1. The molecule has 4 atom stereocenters. The molecule has 3 amide bonds. The van der Waals surface area contributed by atoms with Crippen molar-refractivity contribution < 1.29 is 28.6 Å². The van der Waals surface area contributed by atoms with Gasteiger partial charge in [-0.3, -0.25) is 19.6 Å². The summed E-state index contributed by atoms with van der Waals surface area (Å²) < 4.78 is 16.8. The molecule has 0 radical (unpaired) electrons. The number of amides is 3. The van der Waals surface area contributed by atoms with Crippen molar-refractivity contribution in [2.45, 2.75) is 89.3 Å². The summed E-state index contributed by atoms with van der Waals surface area (Å²) in [5, 5.41) is 6.38. The predicted octanol–water partition coefficient (Wildman–Crippen LogP) is 5.20. The molecule has 1 aromatic heterocycles. The first-order valence-corrected chi connectivity index (χ1v) is 18.0. The highest BCUT2D eigenvalue weighted by Crippen LogP contribution is 2.26. The summed E-state index contributed by atoms with van der Waals surface area (Å²) >= 11 is 1.43. The van der Waals surface area contributed by atoms with Crippen LogP contribution in [0.2, 0.25) is 0 Å². The molecule has 5 rings (SSSR count). The van der Waals surface area contributed by atoms with Crippen LogP contribution in [0.25, 0.3) is 0 Å². The van der Waals surface area contributed by atoms with Crippen LogP contribution >= 0.6 is 11.3 Å². The van der Waals surface area contributed by atoms with Crippen molar-refractivity contribution in [3.63, 3.8) is 0 Å². The van der Waals surface area contributed by atoms with E-state index in [2.05, 4.69) is 20.5 Å². The minimum absolute atomic E-state index is 0.0372. The number of rotatable bonds is 13. The van der Waals surface area contributed by atoms with Crippen molar-refractivity contribution in [2.75, 3.05) is 32.8 Å². The number of ether oxygens (including phenoxy) is 3. The van der Waals surface area contributed by atoms with Gasteiger partial charge in [0.2, 0.25) is 5.91 Å². The van der Waals surface area contributed by atoms with Crippen LogP contribution in [-0.2, 0) is 38.5 Å². The van der Waals surface area contributed by atoms with E-state index in [-0.39, 0.29) is 30.6 Å². The van der Waals surface area contributed by atoms with Crippen LogP contribution in [-0.4, -0.2) is 95.5 Å². The van der Waals surface area contributed by atoms with Crippen LogP contribution < -0.4 is 10.6 Å². The maximum absolute atomic E-state index is 14.2. The predicted molar refractivity (Wildman–Crippen MR) is 188 cm³/mol. The highest BCUT2D eigenvalue weighted by atomic mass is 32.1. The van der Waals surface area contributed by atoms with Crippen LogP contribution in [0.3, 0.4) is 0 Å². The molecule has 2 aromatic carbocycles. The number of likely N-dealkylation sites (tertiary alicyclic amines) is 1. The minimum Gasteiger partial charge on any atom is -0.444 e. The Kier molecular flexibility index (Phi) is 13.0. The average Bonchev–Trinajstić information content (AvgIpc) is 3.78. The van der Waals surface area contributed by atoms with E-state index in [1.54, 1.807) is 16.6 Å². The number of morpholine rings is 1. The van der Waals surface area contributed by atoms with E-state index < -0.39 is 23.8 Å². The molecule has 0 bridgehead atoms. The molecule has 2 saturated heterocycles. The fraction of sp³-hybridized carbons (Fsp3) is 0.514. The number of carbonyl (C=O) groups is 3. The van der Waals surface area contributed by atoms with Crippen LogP contribution in [0.5, 0.6) is 0 Å². The molecule has 3 heterocycles. The molecule has 2 fully saturated rings. The number of alkyl carbamates (subject to hydrolysis) is 1. The molecule has 264 valence electrons. The number of nitrogens with zero attached hydrogens (tertiary/aromatic N) is 3. The number of hydrogen-bond donors (Lipinski definition) is 2. The van der Waals surface area contributed by atoms with Crippen molar-refractivity contribution >= 4 is 29.4 Å². The third-order valence-corrected chi connectivity index (χ3v) is 9.54. The van der Waals surface area contributed by atoms with Crippen LogP contribution in [0.15, 0.2) is 72.4 Å². The molecule has 3 aromatic rings. The van der Waals surface area contributed by atoms with E-state index in [0.29, 0.717) is 51.9 Å². The Bertz CT molecular complexity index is 1460. The van der Waals surface area contributed by atoms with E-state index >= 15 is 0 Å². The zero-order valence-corrected chi connectivity index (χ0v) is 29.5. The van der Waals surface area contributed by atoms with E-state index in [4.69, 9.17) is 14.2 Å². The Morgan fingerprint density at radius 2 is 1.55 bits per heavy atom. The van der Waals surface area contributed by atoms with Crippen molar-refractivity contribution in [1.29, 1.82) is 0 Å². The largest absolute Gasteiger partial charge is 0.444 e. The summed E-state index contributed by atoms with van der Waals surface area (Å²) in [4.78, 5) is 49.3. The maximum Gasteiger partial charge on any atom is 0.411 e. The molecule has 2 aliphatic rings. The lowest BCUT2D eigenvalue weighted by Crippen LogP contribution is -2.50. The lowest BCUT2D eigenvalue weighted by molar-refractivity contribution is -0.126. The summed E-state index contributed by atoms with van der Waals surface area (Å²) in [5.41, 5.74) is 3.20. The van der Waals surface area contributed by atoms with Gasteiger partial charge in [0.1, 0.15) is 18.2 Å². The van der Waals surface area contributed by atoms with Gasteiger partial charge in [0.15, 0.2) is 0 Å². The van der Waals surface area contributed by atoms with Crippen LogP contribution in [0.1, 0.15) is 56.0 Å². The quantitative estimate of drug-likeness (QED) is 0.251. The fourth-order valence-electron chi connectivity index (χ4n) is 6.40. The zero-order chi connectivity index (χ0) is 34.6. The summed E-state index contributed by atoms with van der Waals surface area (Å²) in [5.74, 6) is -0.195. The molecule has 2 aliphatic heterocycles. The van der Waals surface area contributed by atoms with Crippen LogP contribution in [0, 0.1) is 0 Å². The van der Waals surface area contributed by atoms with Gasteiger partial charge in [0.25, 0.3) is 0 Å². The number of benzene rings is 2. The third-order valence-electron chi connectivity index (χ3n) is 8.78. The minimum atomic E-state index is -0.687. The van der Waals surface area contributed by atoms with Gasteiger partial charge in [0.05, 0.1) is 23.6 Å². The topological polar surface area (TPSA) is 122 Å². The summed E-state index contributed by atoms with van der Waals surface area (Å²) in [7, 11) is 0. The maximum atomic E-state index is 14.2. The van der Waals surface area contributed by atoms with Gasteiger partial charge >= 0.3 is 12.2 Å². The third kappa shape index (κ3) is 11.5. The van der Waals surface area contributed by atoms with E-state index in [9.17, 15) is 14.4 Å². The van der Waals surface area contributed by atoms with Gasteiger partial charge in [0, 0.05) is 44.0 Å². The van der Waals surface area contributed by atoms with Crippen molar-refractivity contribution in [3.05, 3.63) is 88.4 Å². The number of thiazole rings is 1. The number of hydrogen-bond acceptors (Lipinski definition) is 9. The van der Waals surface area contributed by atoms with Crippen LogP contribution in [0.4, 0.5) is 9.59 Å². The molecule has 12 heteroatoms. The normalized spacial score (nSPS) is 19.5. The zero-order valence-electron chi connectivity index (χ0n) is 28.7. The van der Waals surface area contributed by atoms with Crippen molar-refractivity contribution in [2.24, 2.45) is 0 Å². The van der Waals surface area contributed by atoms with E-state index in [1.165, 1.54) is 11.3 Å². The Hall–Kier alpha value is -4.00. The molecular weight excluding hydrogens is 643 g/mol. The van der Waals surface area contributed by atoms with Crippen molar-refractivity contribution in [3.8, 4) is 0 Å². The second-order valence-electron chi connectivity index (χ2n) is 13.7. The first kappa shape index (κ1) is 36.3. The Balaban J connectivity index is 1.30. The Morgan fingerprint density at radius 3 is 2.12 bits per heavy atom. The first-order valence-electron chi connectivity index (χ1n) is 17.1. The molecule has 0 spiro atoms. The molecule has 49 heavy (non-hydrogen) atoms. The number of nitrogens with one attached hydrogen (secondary N) is 2. The Labute approximate surface area is 293 Å². The highest BCUT2D eigenvalue weighted by Gasteiger charge is 2.44. The lowest BCUT2D eigenvalue weighted by Gasteiger charge is -2.32. The summed E-state index contributed by atoms with van der Waals surface area (Å²) in [6.45, 7) is 8.87. The second kappa shape index (κ2) is 17.6. The van der Waals surface area contributed by atoms with E-state index in [1.807, 2.05) is 81.4 Å². The number of carbonyl (C=O) groups excluding carboxylic acids is 3. The fourth-order valence-corrected chi connectivity index (χ4v) is 6.90. The molecule has 2 N–H and O–H groups in total. The second-order valence-corrected chi connectivity index (χ2v) is 14.7. The van der Waals surface area contributed by atoms with E-state index in [0.717, 1.165) is 29.1 Å². The summed E-state index contributed by atoms with van der Waals surface area (Å²) in [6, 6.07) is 18.9. The van der Waals surface area contributed by atoms with Gasteiger partial charge in [-0.2, -0.15) is 0 Å². The molecule has 0 saturated carbocycles. The lowest BCUT2D eigenvalue weighted by atomic mass is 9.95. The van der Waals surface area contributed by atoms with Gasteiger partial charge < -0.3 is 24.8 Å². The summed E-state index contributed by atoms with van der Waals surface area (Å²) in [6.07, 6.45) is 3.64. The molecule has 1 unspecified atom stereocenters.